The van der Waals surface area contributed by atoms with Crippen LogP contribution in [0.2, 0.25) is 0 Å². The van der Waals surface area contributed by atoms with E-state index in [1.165, 1.54) is 19.1 Å². The maximum absolute atomic E-state index is 12.8. The lowest BCUT2D eigenvalue weighted by Crippen LogP contribution is -2.47. The summed E-state index contributed by atoms with van der Waals surface area (Å²) in [5.41, 5.74) is 1.65. The molecule has 1 amide bonds. The van der Waals surface area contributed by atoms with Gasteiger partial charge in [0.25, 0.3) is 5.91 Å². The Bertz CT molecular complexity index is 898. The largest absolute Gasteiger partial charge is 0.455 e. The number of hydrogen-bond acceptors (Lipinski definition) is 5. The Hall–Kier alpha value is -2.14. The number of sulfonamides is 1. The highest BCUT2D eigenvalue weighted by atomic mass is 32.2. The standard InChI is InChI=1S/C19H25F3N2O5S/c1-12-4-7-16(8-13(12)2)30(27,28)23-9-18(26)29-10-17(25)24(11-19(20,21)22)14(3)15-5-6-15/h4,7-8,14-15,23H,5-6,9-11H2,1-3H3. The summed E-state index contributed by atoms with van der Waals surface area (Å²) in [7, 11) is -3.98. The first-order valence-electron chi connectivity index (χ1n) is 9.39. The van der Waals surface area contributed by atoms with Crippen molar-refractivity contribution in [3.05, 3.63) is 29.3 Å². The lowest BCUT2D eigenvalue weighted by molar-refractivity contribution is -0.170. The van der Waals surface area contributed by atoms with Crippen molar-refractivity contribution < 1.29 is 35.9 Å². The molecule has 11 heteroatoms. The Morgan fingerprint density at radius 2 is 1.87 bits per heavy atom. The molecule has 1 N–H and O–H groups in total. The zero-order valence-corrected chi connectivity index (χ0v) is 17.8. The van der Waals surface area contributed by atoms with Crippen LogP contribution in [0.5, 0.6) is 0 Å². The quantitative estimate of drug-likeness (QED) is 0.583. The van der Waals surface area contributed by atoms with Crippen molar-refractivity contribution in [1.82, 2.24) is 9.62 Å². The van der Waals surface area contributed by atoms with Crippen LogP contribution >= 0.6 is 0 Å². The van der Waals surface area contributed by atoms with Crippen LogP contribution in [0.3, 0.4) is 0 Å². The molecule has 1 aliphatic rings. The number of nitrogens with zero attached hydrogens (tertiary/aromatic N) is 1. The summed E-state index contributed by atoms with van der Waals surface area (Å²) in [6, 6.07) is 3.83. The molecule has 0 bridgehead atoms. The summed E-state index contributed by atoms with van der Waals surface area (Å²) < 4.78 is 69.7. The van der Waals surface area contributed by atoms with Crippen LogP contribution in [0.1, 0.15) is 30.9 Å². The molecule has 2 rings (SSSR count). The second-order valence-electron chi connectivity index (χ2n) is 7.45. The van der Waals surface area contributed by atoms with Crippen LogP contribution in [0.15, 0.2) is 23.1 Å². The van der Waals surface area contributed by atoms with Gasteiger partial charge in [0.2, 0.25) is 10.0 Å². The molecule has 1 aliphatic carbocycles. The van der Waals surface area contributed by atoms with E-state index < -0.39 is 53.8 Å². The molecule has 1 unspecified atom stereocenters. The monoisotopic (exact) mass is 450 g/mol. The third-order valence-corrected chi connectivity index (χ3v) is 6.42. The average molecular weight is 450 g/mol. The van der Waals surface area contributed by atoms with Crippen molar-refractivity contribution in [2.24, 2.45) is 5.92 Å². The van der Waals surface area contributed by atoms with E-state index in [2.05, 4.69) is 4.72 Å². The third kappa shape index (κ3) is 6.98. The van der Waals surface area contributed by atoms with Crippen LogP contribution in [0.25, 0.3) is 0 Å². The number of esters is 1. The highest BCUT2D eigenvalue weighted by Gasteiger charge is 2.40. The number of benzene rings is 1. The maximum Gasteiger partial charge on any atom is 0.406 e. The number of carbonyl (C=O) groups is 2. The van der Waals surface area contributed by atoms with Gasteiger partial charge in [-0.1, -0.05) is 6.07 Å². The average Bonchev–Trinajstić information content (AvgIpc) is 3.48. The zero-order valence-electron chi connectivity index (χ0n) is 17.0. The predicted molar refractivity (Wildman–Crippen MR) is 102 cm³/mol. The van der Waals surface area contributed by atoms with E-state index in [9.17, 15) is 31.2 Å². The van der Waals surface area contributed by atoms with Crippen molar-refractivity contribution in [1.29, 1.82) is 0 Å². The number of halogens is 3. The maximum atomic E-state index is 12.8. The number of nitrogens with one attached hydrogen (secondary N) is 1. The molecule has 0 aromatic heterocycles. The highest BCUT2D eigenvalue weighted by Crippen LogP contribution is 2.36. The molecule has 0 heterocycles. The second kappa shape index (κ2) is 9.34. The van der Waals surface area contributed by atoms with Crippen molar-refractivity contribution in [2.45, 2.75) is 50.7 Å². The first-order chi connectivity index (χ1) is 13.8. The van der Waals surface area contributed by atoms with Gasteiger partial charge in [-0.3, -0.25) is 9.59 Å². The van der Waals surface area contributed by atoms with Crippen molar-refractivity contribution >= 4 is 21.9 Å². The lowest BCUT2D eigenvalue weighted by atomic mass is 10.1. The minimum absolute atomic E-state index is 0.00298. The number of aryl methyl sites for hydroxylation is 2. The van der Waals surface area contributed by atoms with E-state index in [1.54, 1.807) is 13.0 Å². The Morgan fingerprint density at radius 3 is 2.40 bits per heavy atom. The van der Waals surface area contributed by atoms with E-state index >= 15 is 0 Å². The van der Waals surface area contributed by atoms with Gasteiger partial charge in [0.1, 0.15) is 13.1 Å². The van der Waals surface area contributed by atoms with Gasteiger partial charge in [0, 0.05) is 6.04 Å². The second-order valence-corrected chi connectivity index (χ2v) is 9.21. The first-order valence-corrected chi connectivity index (χ1v) is 10.9. The van der Waals surface area contributed by atoms with E-state index in [0.29, 0.717) is 4.90 Å². The molecule has 168 valence electrons. The Kier molecular flexibility index (Phi) is 7.51. The Labute approximate surface area is 173 Å². The molecule has 0 spiro atoms. The number of rotatable bonds is 9. The minimum atomic E-state index is -4.58. The number of amides is 1. The molecule has 1 fully saturated rings. The Balaban J connectivity index is 1.90. The van der Waals surface area contributed by atoms with Gasteiger partial charge in [-0.15, -0.1) is 0 Å². The van der Waals surface area contributed by atoms with Gasteiger partial charge in [-0.05, 0) is 62.8 Å². The SMILES string of the molecule is Cc1ccc(S(=O)(=O)NCC(=O)OCC(=O)N(CC(F)(F)F)C(C)C2CC2)cc1C. The molecule has 1 aromatic carbocycles. The van der Waals surface area contributed by atoms with Crippen LogP contribution < -0.4 is 4.72 Å². The molecular weight excluding hydrogens is 425 g/mol. The van der Waals surface area contributed by atoms with Gasteiger partial charge in [-0.2, -0.15) is 17.9 Å². The van der Waals surface area contributed by atoms with Gasteiger partial charge < -0.3 is 9.64 Å². The first kappa shape index (κ1) is 24.1. The van der Waals surface area contributed by atoms with E-state index in [-0.39, 0.29) is 10.8 Å². The molecule has 0 saturated heterocycles. The summed E-state index contributed by atoms with van der Waals surface area (Å²) in [5.74, 6) is -2.05. The number of ether oxygens (including phenoxy) is 1. The molecule has 0 aliphatic heterocycles. The van der Waals surface area contributed by atoms with E-state index in [4.69, 9.17) is 4.74 Å². The van der Waals surface area contributed by atoms with Crippen molar-refractivity contribution in [2.75, 3.05) is 19.7 Å². The molecule has 30 heavy (non-hydrogen) atoms. The minimum Gasteiger partial charge on any atom is -0.455 e. The molecule has 1 atom stereocenters. The number of hydrogen-bond donors (Lipinski definition) is 1. The summed E-state index contributed by atoms with van der Waals surface area (Å²) in [5, 5.41) is 0. The fraction of sp³-hybridized carbons (Fsp3) is 0.579. The number of alkyl halides is 3. The summed E-state index contributed by atoms with van der Waals surface area (Å²) in [6.45, 7) is 2.02. The predicted octanol–water partition coefficient (Wildman–Crippen LogP) is 2.31. The topological polar surface area (TPSA) is 92.8 Å². The smallest absolute Gasteiger partial charge is 0.406 e. The normalized spacial score (nSPS) is 15.5. The van der Waals surface area contributed by atoms with Gasteiger partial charge >= 0.3 is 12.1 Å². The molecule has 1 aromatic rings. The Morgan fingerprint density at radius 1 is 1.23 bits per heavy atom. The fourth-order valence-corrected chi connectivity index (χ4v) is 3.93. The van der Waals surface area contributed by atoms with Gasteiger partial charge in [0.15, 0.2) is 6.61 Å². The van der Waals surface area contributed by atoms with Crippen LogP contribution in [0, 0.1) is 19.8 Å². The molecule has 7 nitrogen and oxygen atoms in total. The fourth-order valence-electron chi connectivity index (χ4n) is 2.88. The third-order valence-electron chi connectivity index (χ3n) is 5.02. The van der Waals surface area contributed by atoms with E-state index in [1.807, 2.05) is 6.92 Å². The highest BCUT2D eigenvalue weighted by molar-refractivity contribution is 7.89. The summed E-state index contributed by atoms with van der Waals surface area (Å²) in [4.78, 5) is 24.6. The summed E-state index contributed by atoms with van der Waals surface area (Å²) in [6.07, 6.45) is -3.10. The van der Waals surface area contributed by atoms with Gasteiger partial charge in [0.05, 0.1) is 4.90 Å². The van der Waals surface area contributed by atoms with Crippen LogP contribution in [-0.2, 0) is 24.3 Å². The molecule has 1 saturated carbocycles. The van der Waals surface area contributed by atoms with E-state index in [0.717, 1.165) is 24.0 Å². The summed E-state index contributed by atoms with van der Waals surface area (Å²) >= 11 is 0. The van der Waals surface area contributed by atoms with Crippen molar-refractivity contribution in [3.8, 4) is 0 Å². The molecular formula is C19H25F3N2O5S. The lowest BCUT2D eigenvalue weighted by Gasteiger charge is -2.30. The van der Waals surface area contributed by atoms with Crippen molar-refractivity contribution in [3.63, 3.8) is 0 Å². The number of carbonyl (C=O) groups excluding carboxylic acids is 2. The van der Waals surface area contributed by atoms with Gasteiger partial charge in [-0.25, -0.2) is 8.42 Å². The van der Waals surface area contributed by atoms with Crippen LogP contribution in [-0.4, -0.2) is 57.1 Å². The zero-order chi connectivity index (χ0) is 22.7. The molecule has 0 radical (unpaired) electrons. The van der Waals surface area contributed by atoms with Crippen LogP contribution in [0.4, 0.5) is 13.2 Å².